The number of amides is 1. The fourth-order valence-electron chi connectivity index (χ4n) is 1.44. The Morgan fingerprint density at radius 3 is 2.65 bits per heavy atom. The van der Waals surface area contributed by atoms with Crippen molar-refractivity contribution in [1.29, 1.82) is 0 Å². The first-order chi connectivity index (χ1) is 8.13. The van der Waals surface area contributed by atoms with Crippen molar-refractivity contribution in [3.63, 3.8) is 0 Å². The van der Waals surface area contributed by atoms with E-state index in [0.717, 1.165) is 0 Å². The predicted octanol–water partition coefficient (Wildman–Crippen LogP) is 2.15. The van der Waals surface area contributed by atoms with Crippen LogP contribution in [0.25, 0.3) is 0 Å². The zero-order valence-electron chi connectivity index (χ0n) is 10.1. The molecule has 0 radical (unpaired) electrons. The molecule has 3 N–H and O–H groups in total. The molecule has 1 aromatic carbocycles. The summed E-state index contributed by atoms with van der Waals surface area (Å²) in [4.78, 5) is 11.6. The zero-order chi connectivity index (χ0) is 12.7. The van der Waals surface area contributed by atoms with Crippen LogP contribution in [0, 0.1) is 0 Å². The lowest BCUT2D eigenvalue weighted by molar-refractivity contribution is 0.156. The topological polar surface area (TPSA) is 64.3 Å². The second-order valence-corrected chi connectivity index (χ2v) is 4.50. The van der Waals surface area contributed by atoms with Crippen molar-refractivity contribution in [2.45, 2.75) is 17.9 Å². The van der Waals surface area contributed by atoms with E-state index in [1.165, 1.54) is 10.5 Å². The van der Waals surface area contributed by atoms with Crippen molar-refractivity contribution in [3.05, 3.63) is 29.8 Å². The highest BCUT2D eigenvalue weighted by atomic mass is 32.2. The molecule has 17 heavy (non-hydrogen) atoms. The summed E-state index contributed by atoms with van der Waals surface area (Å²) in [5, 5.41) is 3.25. The van der Waals surface area contributed by atoms with Crippen LogP contribution in [0.1, 0.15) is 18.5 Å². The van der Waals surface area contributed by atoms with E-state index in [-0.39, 0.29) is 6.04 Å². The lowest BCUT2D eigenvalue weighted by Crippen LogP contribution is -2.25. The SMILES string of the molecule is CSc1ccc(C(C)NCCOC(N)=O)cc1. The van der Waals surface area contributed by atoms with E-state index >= 15 is 0 Å². The minimum atomic E-state index is -0.733. The molecule has 0 bridgehead atoms. The molecule has 0 fully saturated rings. The molecule has 0 saturated heterocycles. The third kappa shape index (κ3) is 5.10. The third-order valence-electron chi connectivity index (χ3n) is 2.41. The Morgan fingerprint density at radius 2 is 2.12 bits per heavy atom. The van der Waals surface area contributed by atoms with E-state index in [0.29, 0.717) is 13.2 Å². The summed E-state index contributed by atoms with van der Waals surface area (Å²) in [5.74, 6) is 0. The normalized spacial score (nSPS) is 12.1. The molecule has 0 aliphatic heterocycles. The highest BCUT2D eigenvalue weighted by Gasteiger charge is 2.04. The Bertz CT molecular complexity index is 354. The minimum Gasteiger partial charge on any atom is -0.448 e. The molecule has 4 nitrogen and oxygen atoms in total. The van der Waals surface area contributed by atoms with Gasteiger partial charge in [0.15, 0.2) is 0 Å². The average molecular weight is 254 g/mol. The molecular formula is C12H18N2O2S. The monoisotopic (exact) mass is 254 g/mol. The molecule has 0 saturated carbocycles. The van der Waals surface area contributed by atoms with Gasteiger partial charge in [-0.15, -0.1) is 11.8 Å². The molecule has 0 aromatic heterocycles. The molecule has 1 unspecified atom stereocenters. The molecule has 5 heteroatoms. The first kappa shape index (κ1) is 13.9. The second kappa shape index (κ2) is 7.19. The largest absolute Gasteiger partial charge is 0.448 e. The van der Waals surface area contributed by atoms with E-state index in [1.807, 2.05) is 0 Å². The molecular weight excluding hydrogens is 236 g/mol. The molecule has 1 atom stereocenters. The van der Waals surface area contributed by atoms with Gasteiger partial charge in [-0.1, -0.05) is 12.1 Å². The highest BCUT2D eigenvalue weighted by Crippen LogP contribution is 2.18. The average Bonchev–Trinajstić information content (AvgIpc) is 2.34. The maximum atomic E-state index is 10.4. The van der Waals surface area contributed by atoms with E-state index in [1.54, 1.807) is 11.8 Å². The molecule has 1 rings (SSSR count). The van der Waals surface area contributed by atoms with Gasteiger partial charge in [0, 0.05) is 17.5 Å². The van der Waals surface area contributed by atoms with Crippen LogP contribution in [-0.4, -0.2) is 25.5 Å². The van der Waals surface area contributed by atoms with Crippen molar-refractivity contribution in [1.82, 2.24) is 5.32 Å². The van der Waals surface area contributed by atoms with E-state index in [2.05, 4.69) is 47.5 Å². The summed E-state index contributed by atoms with van der Waals surface area (Å²) in [7, 11) is 0. The molecule has 0 aliphatic carbocycles. The van der Waals surface area contributed by atoms with Crippen LogP contribution in [0.3, 0.4) is 0 Å². The van der Waals surface area contributed by atoms with E-state index in [4.69, 9.17) is 5.73 Å². The number of thioether (sulfide) groups is 1. The van der Waals surface area contributed by atoms with Crippen LogP contribution in [0.2, 0.25) is 0 Å². The summed E-state index contributed by atoms with van der Waals surface area (Å²) in [6.07, 6.45) is 1.32. The molecule has 0 heterocycles. The van der Waals surface area contributed by atoms with Crippen molar-refractivity contribution in [3.8, 4) is 0 Å². The van der Waals surface area contributed by atoms with Crippen molar-refractivity contribution >= 4 is 17.9 Å². The van der Waals surface area contributed by atoms with Gasteiger partial charge < -0.3 is 15.8 Å². The van der Waals surface area contributed by atoms with Crippen LogP contribution in [-0.2, 0) is 4.74 Å². The van der Waals surface area contributed by atoms with Gasteiger partial charge in [0.05, 0.1) is 0 Å². The van der Waals surface area contributed by atoms with Crippen molar-refractivity contribution in [2.24, 2.45) is 5.73 Å². The molecule has 1 aromatic rings. The fraction of sp³-hybridized carbons (Fsp3) is 0.417. The minimum absolute atomic E-state index is 0.224. The number of carbonyl (C=O) groups is 1. The number of rotatable bonds is 6. The Morgan fingerprint density at radius 1 is 1.47 bits per heavy atom. The van der Waals surface area contributed by atoms with Gasteiger partial charge in [-0.3, -0.25) is 0 Å². The number of hydrogen-bond donors (Lipinski definition) is 2. The summed E-state index contributed by atoms with van der Waals surface area (Å²) in [5.41, 5.74) is 6.07. The van der Waals surface area contributed by atoms with Gasteiger partial charge in [-0.25, -0.2) is 4.79 Å². The summed E-state index contributed by atoms with van der Waals surface area (Å²) < 4.78 is 4.64. The first-order valence-electron chi connectivity index (χ1n) is 5.43. The molecule has 94 valence electrons. The third-order valence-corrected chi connectivity index (χ3v) is 3.16. The summed E-state index contributed by atoms with van der Waals surface area (Å²) >= 11 is 1.72. The zero-order valence-corrected chi connectivity index (χ0v) is 10.9. The predicted molar refractivity (Wildman–Crippen MR) is 70.2 cm³/mol. The smallest absolute Gasteiger partial charge is 0.404 e. The van der Waals surface area contributed by atoms with Gasteiger partial charge in [-0.2, -0.15) is 0 Å². The number of nitrogens with one attached hydrogen (secondary N) is 1. The fourth-order valence-corrected chi connectivity index (χ4v) is 1.85. The second-order valence-electron chi connectivity index (χ2n) is 3.62. The van der Waals surface area contributed by atoms with Crippen LogP contribution in [0.4, 0.5) is 4.79 Å². The van der Waals surface area contributed by atoms with E-state index < -0.39 is 6.09 Å². The Balaban J connectivity index is 2.35. The van der Waals surface area contributed by atoms with Crippen molar-refractivity contribution < 1.29 is 9.53 Å². The number of ether oxygens (including phenoxy) is 1. The van der Waals surface area contributed by atoms with Gasteiger partial charge in [0.2, 0.25) is 0 Å². The van der Waals surface area contributed by atoms with E-state index in [9.17, 15) is 4.79 Å². The van der Waals surface area contributed by atoms with Crippen LogP contribution >= 0.6 is 11.8 Å². The maximum absolute atomic E-state index is 10.4. The van der Waals surface area contributed by atoms with Crippen LogP contribution < -0.4 is 11.1 Å². The van der Waals surface area contributed by atoms with Gasteiger partial charge in [-0.05, 0) is 30.9 Å². The van der Waals surface area contributed by atoms with Gasteiger partial charge in [0.1, 0.15) is 6.61 Å². The number of hydrogen-bond acceptors (Lipinski definition) is 4. The van der Waals surface area contributed by atoms with Crippen molar-refractivity contribution in [2.75, 3.05) is 19.4 Å². The number of carbonyl (C=O) groups excluding carboxylic acids is 1. The van der Waals surface area contributed by atoms with Gasteiger partial charge >= 0.3 is 6.09 Å². The quantitative estimate of drug-likeness (QED) is 0.603. The number of primary amides is 1. The standard InChI is InChI=1S/C12H18N2O2S/c1-9(14-7-8-16-12(13)15)10-3-5-11(17-2)6-4-10/h3-6,9,14H,7-8H2,1-2H3,(H2,13,15). The maximum Gasteiger partial charge on any atom is 0.404 e. The number of benzene rings is 1. The Kier molecular flexibility index (Phi) is 5.86. The van der Waals surface area contributed by atoms with Gasteiger partial charge in [0.25, 0.3) is 0 Å². The lowest BCUT2D eigenvalue weighted by atomic mass is 10.1. The molecule has 0 aliphatic rings. The number of nitrogens with two attached hydrogens (primary N) is 1. The Labute approximate surface area is 106 Å². The molecule has 1 amide bonds. The highest BCUT2D eigenvalue weighted by molar-refractivity contribution is 7.98. The molecule has 0 spiro atoms. The summed E-state index contributed by atoms with van der Waals surface area (Å²) in [6, 6.07) is 8.61. The van der Waals surface area contributed by atoms with Crippen LogP contribution in [0.15, 0.2) is 29.2 Å². The Hall–Kier alpha value is -1.20. The lowest BCUT2D eigenvalue weighted by Gasteiger charge is -2.14. The first-order valence-corrected chi connectivity index (χ1v) is 6.65. The van der Waals surface area contributed by atoms with Crippen LogP contribution in [0.5, 0.6) is 0 Å². The summed E-state index contributed by atoms with van der Waals surface area (Å²) in [6.45, 7) is 2.95.